The lowest BCUT2D eigenvalue weighted by Crippen LogP contribution is -2.30. The standard InChI is InChI=1S/C26H26N4O3S/c1-3-33-21-11-9-17-6-4-5-7-18(17)20(21)13-28-29-23(31)14-30-15-27-25-24(26(30)32)19-10-8-16(2)12-22(19)34-25/h4-7,9,11,13,15-16H,3,8,10,12,14H2,1-2H3,(H,29,31)/b28-13+. The Balaban J connectivity index is 1.36. The summed E-state index contributed by atoms with van der Waals surface area (Å²) in [5, 5.41) is 6.86. The molecule has 0 aliphatic heterocycles. The molecule has 1 N–H and O–H groups in total. The molecule has 0 radical (unpaired) electrons. The van der Waals surface area contributed by atoms with Gasteiger partial charge in [-0.3, -0.25) is 14.2 Å². The summed E-state index contributed by atoms with van der Waals surface area (Å²) in [7, 11) is 0. The van der Waals surface area contributed by atoms with Gasteiger partial charge in [-0.25, -0.2) is 10.4 Å². The molecule has 1 unspecified atom stereocenters. The van der Waals surface area contributed by atoms with E-state index >= 15 is 0 Å². The molecule has 174 valence electrons. The zero-order valence-electron chi connectivity index (χ0n) is 19.2. The van der Waals surface area contributed by atoms with Crippen LogP contribution in [0.4, 0.5) is 0 Å². The maximum Gasteiger partial charge on any atom is 0.262 e. The van der Waals surface area contributed by atoms with Crippen molar-refractivity contribution in [3.8, 4) is 5.75 Å². The fourth-order valence-corrected chi connectivity index (χ4v) is 5.87. The van der Waals surface area contributed by atoms with E-state index in [-0.39, 0.29) is 12.1 Å². The van der Waals surface area contributed by atoms with Gasteiger partial charge in [0.1, 0.15) is 17.1 Å². The second kappa shape index (κ2) is 9.38. The summed E-state index contributed by atoms with van der Waals surface area (Å²) in [5.41, 5.74) is 4.28. The fourth-order valence-electron chi connectivity index (χ4n) is 4.53. The number of thiophene rings is 1. The summed E-state index contributed by atoms with van der Waals surface area (Å²) in [4.78, 5) is 32.2. The number of aromatic nitrogens is 2. The van der Waals surface area contributed by atoms with Crippen molar-refractivity contribution in [3.63, 3.8) is 0 Å². The van der Waals surface area contributed by atoms with Crippen LogP contribution >= 0.6 is 11.3 Å². The molecule has 4 aromatic rings. The van der Waals surface area contributed by atoms with Gasteiger partial charge in [-0.15, -0.1) is 11.3 Å². The van der Waals surface area contributed by atoms with Crippen molar-refractivity contribution in [2.45, 2.75) is 39.7 Å². The number of benzene rings is 2. The van der Waals surface area contributed by atoms with E-state index in [0.717, 1.165) is 46.0 Å². The topological polar surface area (TPSA) is 85.6 Å². The quantitative estimate of drug-likeness (QED) is 0.334. The smallest absolute Gasteiger partial charge is 0.262 e. The van der Waals surface area contributed by atoms with Gasteiger partial charge in [-0.2, -0.15) is 5.10 Å². The summed E-state index contributed by atoms with van der Waals surface area (Å²) in [6.07, 6.45) is 5.99. The molecule has 1 atom stereocenters. The monoisotopic (exact) mass is 474 g/mol. The van der Waals surface area contributed by atoms with Gasteiger partial charge in [0.15, 0.2) is 0 Å². The number of fused-ring (bicyclic) bond motifs is 4. The molecule has 2 aromatic carbocycles. The summed E-state index contributed by atoms with van der Waals surface area (Å²) in [5.74, 6) is 0.924. The Morgan fingerprint density at radius 2 is 2.18 bits per heavy atom. The van der Waals surface area contributed by atoms with Crippen LogP contribution in [0, 0.1) is 5.92 Å². The Kier molecular flexibility index (Phi) is 6.15. The highest BCUT2D eigenvalue weighted by Crippen LogP contribution is 2.35. The fraction of sp³-hybridized carbons (Fsp3) is 0.308. The first-order valence-electron chi connectivity index (χ1n) is 11.5. The van der Waals surface area contributed by atoms with Crippen molar-refractivity contribution in [3.05, 3.63) is 69.1 Å². The number of hydrogen-bond donors (Lipinski definition) is 1. The normalized spacial score (nSPS) is 15.6. The van der Waals surface area contributed by atoms with Crippen LogP contribution in [0.25, 0.3) is 21.0 Å². The van der Waals surface area contributed by atoms with Gasteiger partial charge < -0.3 is 4.74 Å². The molecular weight excluding hydrogens is 448 g/mol. The third-order valence-electron chi connectivity index (χ3n) is 6.21. The van der Waals surface area contributed by atoms with Crippen LogP contribution < -0.4 is 15.7 Å². The third-order valence-corrected chi connectivity index (χ3v) is 7.37. The highest BCUT2D eigenvalue weighted by Gasteiger charge is 2.23. The molecule has 1 amide bonds. The molecule has 7 nitrogen and oxygen atoms in total. The molecule has 1 aliphatic carbocycles. The molecule has 0 fully saturated rings. The first-order chi connectivity index (χ1) is 16.5. The molecule has 2 aromatic heterocycles. The molecule has 34 heavy (non-hydrogen) atoms. The van der Waals surface area contributed by atoms with E-state index in [1.807, 2.05) is 43.3 Å². The summed E-state index contributed by atoms with van der Waals surface area (Å²) in [6, 6.07) is 11.8. The van der Waals surface area contributed by atoms with Crippen LogP contribution in [-0.4, -0.2) is 28.3 Å². The first kappa shape index (κ1) is 22.3. The zero-order valence-corrected chi connectivity index (χ0v) is 20.0. The number of ether oxygens (including phenoxy) is 1. The Morgan fingerprint density at radius 1 is 1.32 bits per heavy atom. The lowest BCUT2D eigenvalue weighted by molar-refractivity contribution is -0.121. The number of carbonyl (C=O) groups excluding carboxylic acids is 1. The highest BCUT2D eigenvalue weighted by atomic mass is 32.1. The van der Waals surface area contributed by atoms with Crippen molar-refractivity contribution >= 4 is 44.4 Å². The number of carbonyl (C=O) groups is 1. The molecule has 2 heterocycles. The predicted octanol–water partition coefficient (Wildman–Crippen LogP) is 4.29. The van der Waals surface area contributed by atoms with E-state index in [0.29, 0.717) is 23.7 Å². The van der Waals surface area contributed by atoms with E-state index in [1.54, 1.807) is 17.6 Å². The van der Waals surface area contributed by atoms with Crippen LogP contribution in [0.1, 0.15) is 36.3 Å². The van der Waals surface area contributed by atoms with Crippen molar-refractivity contribution in [2.75, 3.05) is 6.61 Å². The van der Waals surface area contributed by atoms with Gasteiger partial charge in [-0.05, 0) is 54.5 Å². The minimum absolute atomic E-state index is 0.145. The maximum absolute atomic E-state index is 13.1. The Hall–Kier alpha value is -3.52. The minimum atomic E-state index is -0.393. The second-order valence-corrected chi connectivity index (χ2v) is 9.72. The van der Waals surface area contributed by atoms with Crippen molar-refractivity contribution in [1.82, 2.24) is 15.0 Å². The van der Waals surface area contributed by atoms with Gasteiger partial charge in [0.2, 0.25) is 0 Å². The van der Waals surface area contributed by atoms with Crippen LogP contribution in [0.5, 0.6) is 5.75 Å². The maximum atomic E-state index is 13.1. The summed E-state index contributed by atoms with van der Waals surface area (Å²) >= 11 is 1.60. The van der Waals surface area contributed by atoms with E-state index in [9.17, 15) is 9.59 Å². The lowest BCUT2D eigenvalue weighted by atomic mass is 9.89. The number of nitrogens with zero attached hydrogens (tertiary/aromatic N) is 3. The molecular formula is C26H26N4O3S. The van der Waals surface area contributed by atoms with Crippen LogP contribution in [0.2, 0.25) is 0 Å². The van der Waals surface area contributed by atoms with Crippen LogP contribution in [0.3, 0.4) is 0 Å². The van der Waals surface area contributed by atoms with Crippen molar-refractivity contribution in [2.24, 2.45) is 11.0 Å². The van der Waals surface area contributed by atoms with Gasteiger partial charge in [0, 0.05) is 10.4 Å². The van der Waals surface area contributed by atoms with E-state index in [1.165, 1.54) is 15.8 Å². The Morgan fingerprint density at radius 3 is 3.03 bits per heavy atom. The number of aryl methyl sites for hydroxylation is 1. The van der Waals surface area contributed by atoms with Gasteiger partial charge >= 0.3 is 0 Å². The molecule has 8 heteroatoms. The first-order valence-corrected chi connectivity index (χ1v) is 12.3. The molecule has 0 saturated carbocycles. The Labute approximate surface area is 201 Å². The number of amides is 1. The molecule has 0 spiro atoms. The van der Waals surface area contributed by atoms with Crippen LogP contribution in [-0.2, 0) is 24.2 Å². The third kappa shape index (κ3) is 4.21. The average Bonchev–Trinajstić information content (AvgIpc) is 3.20. The molecule has 0 saturated heterocycles. The molecule has 0 bridgehead atoms. The van der Waals surface area contributed by atoms with Crippen molar-refractivity contribution < 1.29 is 9.53 Å². The second-order valence-electron chi connectivity index (χ2n) is 8.63. The minimum Gasteiger partial charge on any atom is -0.493 e. The van der Waals surface area contributed by atoms with Gasteiger partial charge in [-0.1, -0.05) is 37.3 Å². The molecule has 1 aliphatic rings. The van der Waals surface area contributed by atoms with Crippen LogP contribution in [0.15, 0.2) is 52.6 Å². The van der Waals surface area contributed by atoms with Gasteiger partial charge in [0.05, 0.1) is 24.5 Å². The van der Waals surface area contributed by atoms with Gasteiger partial charge in [0.25, 0.3) is 11.5 Å². The number of nitrogens with one attached hydrogen (secondary N) is 1. The zero-order chi connectivity index (χ0) is 23.7. The number of rotatable bonds is 6. The number of hydrogen-bond acceptors (Lipinski definition) is 6. The van der Waals surface area contributed by atoms with E-state index in [4.69, 9.17) is 4.74 Å². The summed E-state index contributed by atoms with van der Waals surface area (Å²) in [6.45, 7) is 4.54. The Bertz CT molecular complexity index is 1470. The predicted molar refractivity (Wildman–Crippen MR) is 136 cm³/mol. The number of hydrazone groups is 1. The SMILES string of the molecule is CCOc1ccc2ccccc2c1/C=N/NC(=O)Cn1cnc2sc3c(c2c1=O)CCC(C)C3. The lowest BCUT2D eigenvalue weighted by Gasteiger charge is -2.17. The van der Waals surface area contributed by atoms with Crippen molar-refractivity contribution in [1.29, 1.82) is 0 Å². The summed E-state index contributed by atoms with van der Waals surface area (Å²) < 4.78 is 7.11. The van der Waals surface area contributed by atoms with E-state index < -0.39 is 5.91 Å². The highest BCUT2D eigenvalue weighted by molar-refractivity contribution is 7.18. The average molecular weight is 475 g/mol. The largest absolute Gasteiger partial charge is 0.493 e. The molecule has 5 rings (SSSR count). The van der Waals surface area contributed by atoms with E-state index in [2.05, 4.69) is 22.4 Å².